The van der Waals surface area contributed by atoms with Gasteiger partial charge in [-0.15, -0.1) is 0 Å². The Morgan fingerprint density at radius 1 is 0.269 bits per heavy atom. The van der Waals surface area contributed by atoms with Gasteiger partial charge in [0.15, 0.2) is 0 Å². The summed E-state index contributed by atoms with van der Waals surface area (Å²) < 4.78 is 4.88. The zero-order chi connectivity index (χ0) is 33.9. The molecule has 0 radical (unpaired) electrons. The lowest BCUT2D eigenvalue weighted by atomic mass is 10.0. The lowest BCUT2D eigenvalue weighted by Gasteiger charge is -2.33. The van der Waals surface area contributed by atoms with E-state index in [4.69, 9.17) is 0 Å². The van der Waals surface area contributed by atoms with Crippen LogP contribution in [0, 0.1) is 0 Å². The number of benzene rings is 8. The molecule has 0 N–H and O–H groups in total. The van der Waals surface area contributed by atoms with Crippen LogP contribution in [0.2, 0.25) is 0 Å². The molecular formula is C48H30N4. The third-order valence-electron chi connectivity index (χ3n) is 11.1. The molecule has 8 aromatic carbocycles. The molecule has 0 aliphatic carbocycles. The molecule has 52 heavy (non-hydrogen) atoms. The third kappa shape index (κ3) is 3.60. The number of anilines is 6. The molecule has 4 heteroatoms. The highest BCUT2D eigenvalue weighted by Gasteiger charge is 2.30. The topological polar surface area (TPSA) is 16.3 Å². The van der Waals surface area contributed by atoms with Crippen molar-refractivity contribution in [1.29, 1.82) is 0 Å². The summed E-state index contributed by atoms with van der Waals surface area (Å²) in [6, 6.07) is 66.5. The Bertz CT molecular complexity index is 2900. The summed E-state index contributed by atoms with van der Waals surface area (Å²) in [6.45, 7) is 0. The largest absolute Gasteiger partial charge is 0.306 e. The maximum absolute atomic E-state index is 2.44. The number of hydrogen-bond donors (Lipinski definition) is 0. The minimum Gasteiger partial charge on any atom is -0.306 e. The third-order valence-corrected chi connectivity index (χ3v) is 11.1. The molecule has 0 atom stereocenters. The minimum absolute atomic E-state index is 1.14. The fourth-order valence-electron chi connectivity index (χ4n) is 9.01. The van der Waals surface area contributed by atoms with Gasteiger partial charge in [0.05, 0.1) is 56.2 Å². The number of hydrogen-bond acceptors (Lipinski definition) is 2. The van der Waals surface area contributed by atoms with Crippen LogP contribution in [0.1, 0.15) is 0 Å². The summed E-state index contributed by atoms with van der Waals surface area (Å²) in [5, 5.41) is 5.09. The molecule has 4 nitrogen and oxygen atoms in total. The van der Waals surface area contributed by atoms with Gasteiger partial charge in [-0.1, -0.05) is 109 Å². The van der Waals surface area contributed by atoms with Crippen molar-refractivity contribution in [3.8, 4) is 22.5 Å². The van der Waals surface area contributed by atoms with E-state index in [2.05, 4.69) is 201 Å². The van der Waals surface area contributed by atoms with Crippen LogP contribution in [-0.4, -0.2) is 9.13 Å². The molecule has 2 aliphatic heterocycles. The molecule has 10 aromatic rings. The Hall–Kier alpha value is -7.04. The van der Waals surface area contributed by atoms with Crippen molar-refractivity contribution in [2.24, 2.45) is 0 Å². The van der Waals surface area contributed by atoms with Gasteiger partial charge in [-0.25, -0.2) is 0 Å². The number of nitrogens with zero attached hydrogens (tertiary/aromatic N) is 4. The number of aromatic nitrogens is 2. The Morgan fingerprint density at radius 3 is 1.12 bits per heavy atom. The monoisotopic (exact) mass is 662 g/mol. The molecule has 0 saturated carbocycles. The number of para-hydroxylation sites is 8. The Labute approximate surface area is 300 Å². The smallest absolute Gasteiger partial charge is 0.0783 e. The lowest BCUT2D eigenvalue weighted by molar-refractivity contribution is 1.11. The van der Waals surface area contributed by atoms with Crippen LogP contribution in [0.5, 0.6) is 0 Å². The van der Waals surface area contributed by atoms with E-state index in [-0.39, 0.29) is 0 Å². The Kier molecular flexibility index (Phi) is 5.47. The maximum Gasteiger partial charge on any atom is 0.0783 e. The molecule has 2 aromatic heterocycles. The summed E-state index contributed by atoms with van der Waals surface area (Å²) >= 11 is 0. The van der Waals surface area contributed by atoms with Gasteiger partial charge in [0.1, 0.15) is 0 Å². The highest BCUT2D eigenvalue weighted by molar-refractivity contribution is 6.18. The quantitative estimate of drug-likeness (QED) is 0.187. The Balaban J connectivity index is 1.03. The Morgan fingerprint density at radius 2 is 0.635 bits per heavy atom. The first kappa shape index (κ1) is 27.7. The van der Waals surface area contributed by atoms with Gasteiger partial charge < -0.3 is 18.9 Å². The van der Waals surface area contributed by atoms with Crippen molar-refractivity contribution in [2.45, 2.75) is 0 Å². The van der Waals surface area contributed by atoms with Crippen molar-refractivity contribution in [1.82, 2.24) is 9.13 Å². The van der Waals surface area contributed by atoms with Crippen molar-refractivity contribution >= 4 is 77.7 Å². The summed E-state index contributed by atoms with van der Waals surface area (Å²) in [5.41, 5.74) is 16.7. The molecule has 0 unspecified atom stereocenters. The zero-order valence-electron chi connectivity index (χ0n) is 28.1. The predicted molar refractivity (Wildman–Crippen MR) is 217 cm³/mol. The van der Waals surface area contributed by atoms with Gasteiger partial charge in [0.25, 0.3) is 0 Å². The first-order valence-electron chi connectivity index (χ1n) is 17.9. The van der Waals surface area contributed by atoms with Crippen LogP contribution in [0.4, 0.5) is 34.1 Å². The zero-order valence-corrected chi connectivity index (χ0v) is 28.1. The fourth-order valence-corrected chi connectivity index (χ4v) is 9.01. The normalized spacial score (nSPS) is 12.9. The molecule has 4 heterocycles. The molecule has 242 valence electrons. The van der Waals surface area contributed by atoms with Gasteiger partial charge in [0.2, 0.25) is 0 Å². The van der Waals surface area contributed by atoms with Crippen LogP contribution in [0.25, 0.3) is 66.1 Å². The minimum atomic E-state index is 1.14. The molecule has 12 rings (SSSR count). The summed E-state index contributed by atoms with van der Waals surface area (Å²) in [5.74, 6) is 0. The molecule has 0 spiro atoms. The van der Waals surface area contributed by atoms with Gasteiger partial charge >= 0.3 is 0 Å². The van der Waals surface area contributed by atoms with E-state index in [1.54, 1.807) is 0 Å². The van der Waals surface area contributed by atoms with Crippen LogP contribution in [-0.2, 0) is 0 Å². The second-order valence-electron chi connectivity index (χ2n) is 13.8. The molecule has 0 saturated heterocycles. The van der Waals surface area contributed by atoms with Crippen molar-refractivity contribution < 1.29 is 0 Å². The van der Waals surface area contributed by atoms with Gasteiger partial charge in [-0.3, -0.25) is 0 Å². The van der Waals surface area contributed by atoms with E-state index >= 15 is 0 Å². The second-order valence-corrected chi connectivity index (χ2v) is 13.8. The number of fused-ring (bicyclic) bond motifs is 10. The van der Waals surface area contributed by atoms with E-state index in [0.29, 0.717) is 0 Å². The first-order valence-corrected chi connectivity index (χ1v) is 17.9. The van der Waals surface area contributed by atoms with E-state index < -0.39 is 0 Å². The van der Waals surface area contributed by atoms with E-state index in [1.165, 1.54) is 88.9 Å². The molecule has 0 fully saturated rings. The molecule has 0 bridgehead atoms. The van der Waals surface area contributed by atoms with Crippen molar-refractivity contribution in [3.63, 3.8) is 0 Å². The maximum atomic E-state index is 2.44. The predicted octanol–water partition coefficient (Wildman–Crippen LogP) is 13.1. The van der Waals surface area contributed by atoms with Crippen LogP contribution in [0.15, 0.2) is 182 Å². The fraction of sp³-hybridized carbons (Fsp3) is 0. The summed E-state index contributed by atoms with van der Waals surface area (Å²) in [7, 11) is 0. The molecular weight excluding hydrogens is 633 g/mol. The molecule has 0 amide bonds. The SMILES string of the molecule is c1cc(-c2cccc(N3c4ccccc4-n4c5ccccc5c5cccc3c54)c2)cc(N2c3ccccc3-n3c4ccccc4c4cccc2c43)c1. The van der Waals surface area contributed by atoms with E-state index in [9.17, 15) is 0 Å². The van der Waals surface area contributed by atoms with Crippen LogP contribution in [0.3, 0.4) is 0 Å². The highest BCUT2D eigenvalue weighted by atomic mass is 15.2. The number of rotatable bonds is 3. The summed E-state index contributed by atoms with van der Waals surface area (Å²) in [4.78, 5) is 4.87. The van der Waals surface area contributed by atoms with Crippen LogP contribution < -0.4 is 9.80 Å². The average molecular weight is 663 g/mol. The average Bonchev–Trinajstić information content (AvgIpc) is 3.74. The first-order chi connectivity index (χ1) is 25.8. The van der Waals surface area contributed by atoms with Gasteiger partial charge in [0, 0.05) is 32.9 Å². The van der Waals surface area contributed by atoms with E-state index in [1.807, 2.05) is 0 Å². The standard InChI is InChI=1S/C48H30N4/c1-3-21-39-35(17-1)37-19-11-27-45-47(37)51(39)43-25-7-5-23-41(43)49(45)33-15-9-13-31(29-33)32-14-10-16-34(30-32)50-42-24-6-8-26-44(42)52-40-22-4-2-18-36(40)38-20-12-28-46(50)48(38)52/h1-30H. The van der Waals surface area contributed by atoms with Crippen molar-refractivity contribution in [2.75, 3.05) is 9.80 Å². The van der Waals surface area contributed by atoms with Gasteiger partial charge in [-0.2, -0.15) is 0 Å². The van der Waals surface area contributed by atoms with Gasteiger partial charge in [-0.05, 0) is 83.9 Å². The van der Waals surface area contributed by atoms with E-state index in [0.717, 1.165) is 11.4 Å². The summed E-state index contributed by atoms with van der Waals surface area (Å²) in [6.07, 6.45) is 0. The molecule has 2 aliphatic rings. The van der Waals surface area contributed by atoms with Crippen molar-refractivity contribution in [3.05, 3.63) is 182 Å². The van der Waals surface area contributed by atoms with Crippen LogP contribution >= 0.6 is 0 Å². The second kappa shape index (κ2) is 10.3. The highest BCUT2D eigenvalue weighted by Crippen LogP contribution is 2.52. The lowest BCUT2D eigenvalue weighted by Crippen LogP contribution is -2.18.